The van der Waals surface area contributed by atoms with E-state index in [1.54, 1.807) is 18.4 Å². The molecule has 2 aromatic rings. The van der Waals surface area contributed by atoms with Crippen LogP contribution in [0.3, 0.4) is 0 Å². The maximum Gasteiger partial charge on any atom is 0.274 e. The number of hydrogen-bond acceptors (Lipinski definition) is 4. The van der Waals surface area contributed by atoms with Crippen molar-refractivity contribution in [3.8, 4) is 11.6 Å². The molecular formula is C15H20N3O3+. The van der Waals surface area contributed by atoms with Gasteiger partial charge in [0.2, 0.25) is 0 Å². The Morgan fingerprint density at radius 3 is 2.62 bits per heavy atom. The second-order valence-electron chi connectivity index (χ2n) is 4.84. The molecule has 0 amide bonds. The van der Waals surface area contributed by atoms with E-state index in [2.05, 4.69) is 5.32 Å². The molecule has 6 nitrogen and oxygen atoms in total. The van der Waals surface area contributed by atoms with Crippen LogP contribution in [-0.2, 0) is 0 Å². The van der Waals surface area contributed by atoms with E-state index in [9.17, 15) is 9.90 Å². The van der Waals surface area contributed by atoms with Gasteiger partial charge >= 0.3 is 0 Å². The summed E-state index contributed by atoms with van der Waals surface area (Å²) in [5.74, 6) is -0.103. The van der Waals surface area contributed by atoms with Gasteiger partial charge in [-0.05, 0) is 13.8 Å². The summed E-state index contributed by atoms with van der Waals surface area (Å²) in [7, 11) is 0. The van der Waals surface area contributed by atoms with E-state index in [0.29, 0.717) is 17.8 Å². The maximum absolute atomic E-state index is 12.1. The summed E-state index contributed by atoms with van der Waals surface area (Å²) < 4.78 is 3.04. The molecule has 0 saturated carbocycles. The summed E-state index contributed by atoms with van der Waals surface area (Å²) in [5, 5.41) is 22.3. The van der Waals surface area contributed by atoms with Crippen LogP contribution >= 0.6 is 0 Å². The molecule has 0 aliphatic heterocycles. The zero-order chi connectivity index (χ0) is 15.4. The van der Waals surface area contributed by atoms with Gasteiger partial charge in [0, 0.05) is 30.3 Å². The van der Waals surface area contributed by atoms with Crippen LogP contribution < -0.4 is 15.4 Å². The molecule has 1 unspecified atom stereocenters. The fraction of sp³-hybridized carbons (Fsp3) is 0.333. The van der Waals surface area contributed by atoms with Gasteiger partial charge in [0.25, 0.3) is 17.1 Å². The van der Waals surface area contributed by atoms with Gasteiger partial charge in [0.1, 0.15) is 0 Å². The van der Waals surface area contributed by atoms with Gasteiger partial charge in [0.05, 0.1) is 12.8 Å². The Bertz CT molecular complexity index is 668. The molecular weight excluding hydrogens is 270 g/mol. The standard InChI is InChI=1S/C15H19N3O3/c1-11-10-13(20)18(12(2)16-6-9-19)15(21)14(11)17-7-4-3-5-8-17/h3-5,7-8,10,12,16,19H,6,9H2,1-2H3/p+1. The predicted octanol–water partition coefficient (Wildman–Crippen LogP) is 0.239. The van der Waals surface area contributed by atoms with E-state index in [1.807, 2.05) is 30.6 Å². The lowest BCUT2D eigenvalue weighted by Crippen LogP contribution is -2.38. The molecule has 2 aromatic heterocycles. The van der Waals surface area contributed by atoms with Gasteiger partial charge < -0.3 is 10.2 Å². The van der Waals surface area contributed by atoms with Gasteiger partial charge in [-0.1, -0.05) is 6.07 Å². The topological polar surface area (TPSA) is 78.4 Å². The molecule has 112 valence electrons. The number of hydrogen-bond donors (Lipinski definition) is 3. The number of pyridine rings is 2. The Kier molecular flexibility index (Phi) is 4.72. The Hall–Kier alpha value is -2.18. The second-order valence-corrected chi connectivity index (χ2v) is 4.84. The average molecular weight is 290 g/mol. The Morgan fingerprint density at radius 1 is 1.33 bits per heavy atom. The minimum atomic E-state index is -0.423. The maximum atomic E-state index is 12.1. The number of aliphatic hydroxyl groups excluding tert-OH is 1. The molecule has 0 fully saturated rings. The molecule has 6 heteroatoms. The molecule has 21 heavy (non-hydrogen) atoms. The van der Waals surface area contributed by atoms with Gasteiger partial charge in [-0.2, -0.15) is 4.57 Å². The fourth-order valence-electron chi connectivity index (χ4n) is 2.32. The monoisotopic (exact) mass is 290 g/mol. The summed E-state index contributed by atoms with van der Waals surface area (Å²) in [4.78, 5) is 12.1. The summed E-state index contributed by atoms with van der Waals surface area (Å²) in [5.41, 5.74) is 0.968. The first-order chi connectivity index (χ1) is 10.1. The van der Waals surface area contributed by atoms with Crippen molar-refractivity contribution in [3.05, 3.63) is 52.6 Å². The largest absolute Gasteiger partial charge is 0.490 e. The third-order valence-corrected chi connectivity index (χ3v) is 3.30. The Morgan fingerprint density at radius 2 is 2.00 bits per heavy atom. The van der Waals surface area contributed by atoms with Crippen molar-refractivity contribution in [3.63, 3.8) is 0 Å². The van der Waals surface area contributed by atoms with E-state index in [1.165, 1.54) is 10.6 Å². The van der Waals surface area contributed by atoms with Crippen LogP contribution in [0.25, 0.3) is 5.69 Å². The summed E-state index contributed by atoms with van der Waals surface area (Å²) in [6.45, 7) is 3.85. The number of nitrogens with one attached hydrogen (secondary N) is 1. The minimum absolute atomic E-state index is 0.0357. The molecule has 0 bridgehead atoms. The molecule has 0 aromatic carbocycles. The number of nitrogens with zero attached hydrogens (tertiary/aromatic N) is 2. The summed E-state index contributed by atoms with van der Waals surface area (Å²) >= 11 is 0. The summed E-state index contributed by atoms with van der Waals surface area (Å²) in [6, 6.07) is 7.07. The van der Waals surface area contributed by atoms with Crippen molar-refractivity contribution in [2.24, 2.45) is 0 Å². The van der Waals surface area contributed by atoms with Gasteiger partial charge in [0.15, 0.2) is 12.4 Å². The van der Waals surface area contributed by atoms with Crippen molar-refractivity contribution < 1.29 is 14.8 Å². The van der Waals surface area contributed by atoms with Crippen molar-refractivity contribution >= 4 is 0 Å². The minimum Gasteiger partial charge on any atom is -0.490 e. The highest BCUT2D eigenvalue weighted by atomic mass is 16.3. The molecule has 0 spiro atoms. The number of aromatic hydroxyl groups is 1. The van der Waals surface area contributed by atoms with E-state index in [-0.39, 0.29) is 18.0 Å². The lowest BCUT2D eigenvalue weighted by Gasteiger charge is -2.18. The van der Waals surface area contributed by atoms with Crippen molar-refractivity contribution in [2.75, 3.05) is 13.2 Å². The van der Waals surface area contributed by atoms with E-state index in [4.69, 9.17) is 5.11 Å². The molecule has 0 aliphatic carbocycles. The second kappa shape index (κ2) is 6.51. The Labute approximate surface area is 122 Å². The third kappa shape index (κ3) is 3.12. The highest BCUT2D eigenvalue weighted by Crippen LogP contribution is 2.21. The zero-order valence-corrected chi connectivity index (χ0v) is 12.2. The molecule has 0 radical (unpaired) electrons. The van der Waals surface area contributed by atoms with Gasteiger partial charge in [-0.3, -0.25) is 14.7 Å². The van der Waals surface area contributed by atoms with Crippen LogP contribution in [0, 0.1) is 6.92 Å². The Balaban J connectivity index is 2.56. The molecule has 1 atom stereocenters. The molecule has 3 N–H and O–H groups in total. The van der Waals surface area contributed by atoms with Gasteiger partial charge in [-0.25, -0.2) is 0 Å². The van der Waals surface area contributed by atoms with Crippen molar-refractivity contribution in [1.82, 2.24) is 9.88 Å². The van der Waals surface area contributed by atoms with Crippen LogP contribution in [0.5, 0.6) is 5.88 Å². The van der Waals surface area contributed by atoms with Crippen LogP contribution in [0.4, 0.5) is 0 Å². The van der Waals surface area contributed by atoms with Crippen molar-refractivity contribution in [1.29, 1.82) is 0 Å². The van der Waals surface area contributed by atoms with Crippen LogP contribution in [0.1, 0.15) is 18.7 Å². The van der Waals surface area contributed by atoms with E-state index in [0.717, 1.165) is 0 Å². The first-order valence-electron chi connectivity index (χ1n) is 6.82. The summed E-state index contributed by atoms with van der Waals surface area (Å²) in [6.07, 6.45) is 3.19. The lowest BCUT2D eigenvalue weighted by atomic mass is 10.2. The highest BCUT2D eigenvalue weighted by Gasteiger charge is 2.23. The van der Waals surface area contributed by atoms with Crippen LogP contribution in [0.15, 0.2) is 41.5 Å². The van der Waals surface area contributed by atoms with E-state index >= 15 is 0 Å². The van der Waals surface area contributed by atoms with Gasteiger partial charge in [-0.15, -0.1) is 0 Å². The molecule has 2 heterocycles. The molecule has 0 saturated heterocycles. The number of rotatable bonds is 5. The number of aliphatic hydroxyl groups is 1. The predicted molar refractivity (Wildman–Crippen MR) is 78.4 cm³/mol. The lowest BCUT2D eigenvalue weighted by molar-refractivity contribution is -0.597. The average Bonchev–Trinajstić information content (AvgIpc) is 2.45. The molecule has 2 rings (SSSR count). The smallest absolute Gasteiger partial charge is 0.274 e. The van der Waals surface area contributed by atoms with Crippen LogP contribution in [-0.4, -0.2) is 27.9 Å². The van der Waals surface area contributed by atoms with Crippen LogP contribution in [0.2, 0.25) is 0 Å². The SMILES string of the molecule is Cc1cc(=O)n(C(C)NCCO)c(O)c1-[n+]1ccccc1. The normalized spacial score (nSPS) is 12.3. The third-order valence-electron chi connectivity index (χ3n) is 3.30. The number of aromatic nitrogens is 2. The van der Waals surface area contributed by atoms with Crippen molar-refractivity contribution in [2.45, 2.75) is 20.0 Å². The van der Waals surface area contributed by atoms with E-state index < -0.39 is 6.17 Å². The first-order valence-corrected chi connectivity index (χ1v) is 6.82. The first kappa shape index (κ1) is 15.2. The number of aryl methyl sites for hydroxylation is 1. The quantitative estimate of drug-likeness (QED) is 0.689. The zero-order valence-electron chi connectivity index (χ0n) is 12.2. The molecule has 0 aliphatic rings. The highest BCUT2D eigenvalue weighted by molar-refractivity contribution is 5.41. The fourth-order valence-corrected chi connectivity index (χ4v) is 2.32.